The average Bonchev–Trinajstić information content (AvgIpc) is 2.81. The van der Waals surface area contributed by atoms with E-state index >= 15 is 0 Å². The van der Waals surface area contributed by atoms with Gasteiger partial charge in [0, 0.05) is 24.4 Å². The number of rotatable bonds is 4. The molecule has 0 fully saturated rings. The molecule has 0 unspecified atom stereocenters. The van der Waals surface area contributed by atoms with Gasteiger partial charge >= 0.3 is 12.1 Å². The molecule has 2 rings (SSSR count). The molecule has 6 nitrogen and oxygen atoms in total. The van der Waals surface area contributed by atoms with Gasteiger partial charge in [0.2, 0.25) is 0 Å². The monoisotopic (exact) mass is 340 g/mol. The van der Waals surface area contributed by atoms with E-state index in [-0.39, 0.29) is 6.01 Å². The van der Waals surface area contributed by atoms with Crippen molar-refractivity contribution < 1.29 is 9.53 Å². The zero-order valence-corrected chi connectivity index (χ0v) is 14.4. The summed E-state index contributed by atoms with van der Waals surface area (Å²) >= 11 is 7.46. The summed E-state index contributed by atoms with van der Waals surface area (Å²) in [5.74, 6) is 0. The Labute approximate surface area is 138 Å². The summed E-state index contributed by atoms with van der Waals surface area (Å²) in [6.07, 6.45) is -0.510. The van der Waals surface area contributed by atoms with Gasteiger partial charge in [0.25, 0.3) is 0 Å². The van der Waals surface area contributed by atoms with E-state index in [0.717, 1.165) is 5.69 Å². The second kappa shape index (κ2) is 7.02. The Morgan fingerprint density at radius 2 is 1.91 bits per heavy atom. The van der Waals surface area contributed by atoms with Crippen LogP contribution < -0.4 is 4.74 Å². The van der Waals surface area contributed by atoms with Crippen LogP contribution in [0.2, 0.25) is 5.02 Å². The molecule has 0 aliphatic carbocycles. The third-order valence-corrected chi connectivity index (χ3v) is 3.77. The van der Waals surface area contributed by atoms with Gasteiger partial charge in [-0.25, -0.2) is 9.36 Å². The van der Waals surface area contributed by atoms with Crippen LogP contribution in [0.1, 0.15) is 13.8 Å². The van der Waals surface area contributed by atoms with Gasteiger partial charge in [-0.1, -0.05) is 42.3 Å². The summed E-state index contributed by atoms with van der Waals surface area (Å²) in [5, 5.41) is 9.69. The third-order valence-electron chi connectivity index (χ3n) is 2.57. The fraction of sp³-hybridized carbons (Fsp3) is 0.357. The summed E-state index contributed by atoms with van der Waals surface area (Å²) in [6.45, 7) is 4.11. The van der Waals surface area contributed by atoms with E-state index in [1.165, 1.54) is 16.7 Å². The maximum Gasteiger partial charge on any atom is 0.417 e. The van der Waals surface area contributed by atoms with Gasteiger partial charge in [0.1, 0.15) is 0 Å². The molecule has 118 valence electrons. The summed E-state index contributed by atoms with van der Waals surface area (Å²) < 4.78 is 6.98. The van der Waals surface area contributed by atoms with Crippen LogP contribution in [-0.2, 0) is 0 Å². The van der Waals surface area contributed by atoms with Crippen LogP contribution in [0.4, 0.5) is 4.79 Å². The van der Waals surface area contributed by atoms with Crippen molar-refractivity contribution in [3.05, 3.63) is 29.3 Å². The number of aromatic nitrogens is 3. The van der Waals surface area contributed by atoms with Gasteiger partial charge < -0.3 is 9.64 Å². The van der Waals surface area contributed by atoms with Crippen molar-refractivity contribution in [1.29, 1.82) is 0 Å². The Kier molecular flexibility index (Phi) is 5.31. The Bertz CT molecular complexity index is 655. The zero-order chi connectivity index (χ0) is 16.3. The number of amides is 1. The molecule has 1 aromatic carbocycles. The molecule has 22 heavy (non-hydrogen) atoms. The number of nitrogens with zero attached hydrogens (tertiary/aromatic N) is 4. The SMILES string of the molecule is CC(C)Sc1nnc(OC(=O)N(C)C)n1-c1ccc(Cl)cc1. The molecule has 0 radical (unpaired) electrons. The molecule has 0 spiro atoms. The number of carbonyl (C=O) groups excluding carboxylic acids is 1. The molecule has 0 aliphatic rings. The van der Waals surface area contributed by atoms with Gasteiger partial charge in [0.15, 0.2) is 5.16 Å². The largest absolute Gasteiger partial charge is 0.417 e. The highest BCUT2D eigenvalue weighted by molar-refractivity contribution is 7.99. The zero-order valence-electron chi connectivity index (χ0n) is 12.8. The molecule has 0 bridgehead atoms. The third kappa shape index (κ3) is 3.92. The number of thioether (sulfide) groups is 1. The van der Waals surface area contributed by atoms with Gasteiger partial charge in [-0.2, -0.15) is 0 Å². The molecular weight excluding hydrogens is 324 g/mol. The lowest BCUT2D eigenvalue weighted by Crippen LogP contribution is -2.26. The van der Waals surface area contributed by atoms with Crippen LogP contribution in [0.3, 0.4) is 0 Å². The average molecular weight is 341 g/mol. The Morgan fingerprint density at radius 1 is 1.27 bits per heavy atom. The van der Waals surface area contributed by atoms with Crippen LogP contribution >= 0.6 is 23.4 Å². The molecule has 0 aliphatic heterocycles. The number of halogens is 1. The Balaban J connectivity index is 2.43. The molecule has 0 N–H and O–H groups in total. The molecule has 1 amide bonds. The number of carbonyl (C=O) groups is 1. The lowest BCUT2D eigenvalue weighted by atomic mass is 10.3. The minimum atomic E-state index is -0.510. The highest BCUT2D eigenvalue weighted by Crippen LogP contribution is 2.29. The first-order chi connectivity index (χ1) is 10.4. The lowest BCUT2D eigenvalue weighted by molar-refractivity contribution is 0.166. The minimum Gasteiger partial charge on any atom is -0.374 e. The molecule has 0 saturated carbocycles. The summed E-state index contributed by atoms with van der Waals surface area (Å²) in [7, 11) is 3.21. The molecule has 8 heteroatoms. The lowest BCUT2D eigenvalue weighted by Gasteiger charge is -2.13. The second-order valence-corrected chi connectivity index (χ2v) is 6.99. The van der Waals surface area contributed by atoms with Gasteiger partial charge in [0.05, 0.1) is 5.69 Å². The van der Waals surface area contributed by atoms with Crippen LogP contribution in [0, 0.1) is 0 Å². The molecule has 1 aromatic heterocycles. The van der Waals surface area contributed by atoms with E-state index in [9.17, 15) is 4.79 Å². The highest BCUT2D eigenvalue weighted by atomic mass is 35.5. The van der Waals surface area contributed by atoms with Crippen LogP contribution in [0.5, 0.6) is 6.01 Å². The minimum absolute atomic E-state index is 0.129. The van der Waals surface area contributed by atoms with Crippen LogP contribution in [-0.4, -0.2) is 45.1 Å². The van der Waals surface area contributed by atoms with Gasteiger partial charge in [-0.05, 0) is 24.3 Å². The first kappa shape index (κ1) is 16.6. The number of hydrogen-bond acceptors (Lipinski definition) is 5. The highest BCUT2D eigenvalue weighted by Gasteiger charge is 2.20. The van der Waals surface area contributed by atoms with Crippen LogP contribution in [0.15, 0.2) is 29.4 Å². The summed E-state index contributed by atoms with van der Waals surface area (Å²) in [6, 6.07) is 7.30. The predicted octanol–water partition coefficient (Wildman–Crippen LogP) is 3.48. The summed E-state index contributed by atoms with van der Waals surface area (Å²) in [5.41, 5.74) is 0.777. The van der Waals surface area contributed by atoms with E-state index in [2.05, 4.69) is 24.0 Å². The van der Waals surface area contributed by atoms with E-state index in [1.54, 1.807) is 30.8 Å². The number of hydrogen-bond donors (Lipinski definition) is 0. The van der Waals surface area contributed by atoms with Crippen molar-refractivity contribution in [1.82, 2.24) is 19.7 Å². The smallest absolute Gasteiger partial charge is 0.374 e. The molecular formula is C14H17ClN4O2S. The Hall–Kier alpha value is -1.73. The maximum atomic E-state index is 11.8. The number of ether oxygens (including phenoxy) is 1. The van der Waals surface area contributed by atoms with Crippen molar-refractivity contribution in [3.8, 4) is 11.7 Å². The van der Waals surface area contributed by atoms with Crippen molar-refractivity contribution in [2.45, 2.75) is 24.3 Å². The summed E-state index contributed by atoms with van der Waals surface area (Å²) in [4.78, 5) is 13.1. The van der Waals surface area contributed by atoms with Crippen LogP contribution in [0.25, 0.3) is 5.69 Å². The van der Waals surface area contributed by atoms with E-state index < -0.39 is 6.09 Å². The first-order valence-electron chi connectivity index (χ1n) is 6.65. The van der Waals surface area contributed by atoms with E-state index in [0.29, 0.717) is 15.4 Å². The van der Waals surface area contributed by atoms with Crippen molar-refractivity contribution >= 4 is 29.5 Å². The van der Waals surface area contributed by atoms with E-state index in [4.69, 9.17) is 16.3 Å². The number of benzene rings is 1. The second-order valence-electron chi connectivity index (χ2n) is 5.01. The molecule has 0 atom stereocenters. The van der Waals surface area contributed by atoms with Crippen molar-refractivity contribution in [3.63, 3.8) is 0 Å². The molecule has 2 aromatic rings. The topological polar surface area (TPSA) is 60.3 Å². The van der Waals surface area contributed by atoms with Gasteiger partial charge in [-0.3, -0.25) is 0 Å². The standard InChI is InChI=1S/C14H17ClN4O2S/c1-9(2)22-13-17-16-12(21-14(20)18(3)4)19(13)11-7-5-10(15)6-8-11/h5-9H,1-4H3. The molecule has 1 heterocycles. The molecule has 0 saturated heterocycles. The van der Waals surface area contributed by atoms with E-state index in [1.807, 2.05) is 12.1 Å². The quantitative estimate of drug-likeness (QED) is 0.797. The maximum absolute atomic E-state index is 11.8. The fourth-order valence-corrected chi connectivity index (χ4v) is 2.51. The fourth-order valence-electron chi connectivity index (χ4n) is 1.59. The normalized spacial score (nSPS) is 10.8. The first-order valence-corrected chi connectivity index (χ1v) is 7.91. The Morgan fingerprint density at radius 3 is 2.45 bits per heavy atom. The van der Waals surface area contributed by atoms with Crippen molar-refractivity contribution in [2.24, 2.45) is 0 Å². The van der Waals surface area contributed by atoms with Crippen molar-refractivity contribution in [2.75, 3.05) is 14.1 Å². The van der Waals surface area contributed by atoms with Gasteiger partial charge in [-0.15, -0.1) is 5.10 Å². The predicted molar refractivity (Wildman–Crippen MR) is 87.1 cm³/mol.